The van der Waals surface area contributed by atoms with E-state index in [9.17, 15) is 17.6 Å². The van der Waals surface area contributed by atoms with Crippen molar-refractivity contribution in [2.45, 2.75) is 50.9 Å². The van der Waals surface area contributed by atoms with Crippen LogP contribution in [0.25, 0.3) is 0 Å². The second kappa shape index (κ2) is 6.70. The Morgan fingerprint density at radius 2 is 1.78 bits per heavy atom. The summed E-state index contributed by atoms with van der Waals surface area (Å²) < 4.78 is 49.2. The third kappa shape index (κ3) is 4.39. The van der Waals surface area contributed by atoms with E-state index in [1.165, 1.54) is 6.42 Å². The van der Waals surface area contributed by atoms with Crippen molar-refractivity contribution in [1.29, 1.82) is 0 Å². The molecule has 0 saturated heterocycles. The molecule has 0 amide bonds. The van der Waals surface area contributed by atoms with Crippen molar-refractivity contribution in [2.24, 2.45) is 11.1 Å². The van der Waals surface area contributed by atoms with Crippen LogP contribution in [0.15, 0.2) is 0 Å². The van der Waals surface area contributed by atoms with Crippen molar-refractivity contribution in [3.8, 4) is 0 Å². The zero-order chi connectivity index (χ0) is 13.6. The average molecular weight is 270 g/mol. The number of nitrogens with two attached hydrogens (primary N) is 1. The van der Waals surface area contributed by atoms with Crippen molar-refractivity contribution >= 4 is 0 Å². The Hall–Kier alpha value is -0.360. The average Bonchev–Trinajstić information content (AvgIpc) is 2.36. The van der Waals surface area contributed by atoms with Crippen LogP contribution in [0.3, 0.4) is 0 Å². The molecule has 0 aromatic rings. The Balaban J connectivity index is 2.27. The fourth-order valence-corrected chi connectivity index (χ4v) is 2.54. The lowest BCUT2D eigenvalue weighted by Crippen LogP contribution is -2.41. The molecule has 0 aromatic heterocycles. The molecule has 0 bridgehead atoms. The van der Waals surface area contributed by atoms with Crippen LogP contribution in [0.1, 0.15) is 38.5 Å². The highest BCUT2D eigenvalue weighted by atomic mass is 19.3. The maximum atomic E-state index is 12.7. The molecule has 6 heteroatoms. The molecule has 18 heavy (non-hydrogen) atoms. The normalized spacial score (nSPS) is 20.3. The van der Waals surface area contributed by atoms with Gasteiger partial charge in [-0.25, -0.2) is 8.78 Å². The van der Waals surface area contributed by atoms with Gasteiger partial charge in [0.05, 0.1) is 6.54 Å². The van der Waals surface area contributed by atoms with Gasteiger partial charge in [-0.1, -0.05) is 19.3 Å². The van der Waals surface area contributed by atoms with E-state index in [2.05, 4.69) is 5.32 Å². The van der Waals surface area contributed by atoms with Crippen molar-refractivity contribution < 1.29 is 17.6 Å². The maximum absolute atomic E-state index is 12.7. The molecule has 1 rings (SSSR count). The predicted molar refractivity (Wildman–Crippen MR) is 63.0 cm³/mol. The first-order valence-electron chi connectivity index (χ1n) is 6.49. The number of hydrogen-bond acceptors (Lipinski definition) is 2. The van der Waals surface area contributed by atoms with Crippen molar-refractivity contribution in [1.82, 2.24) is 5.32 Å². The molecule has 1 fully saturated rings. The highest BCUT2D eigenvalue weighted by molar-refractivity contribution is 4.84. The third-order valence-electron chi connectivity index (χ3n) is 3.86. The van der Waals surface area contributed by atoms with E-state index < -0.39 is 18.9 Å². The zero-order valence-electron chi connectivity index (χ0n) is 10.5. The summed E-state index contributed by atoms with van der Waals surface area (Å²) in [5.41, 5.74) is 5.78. The molecule has 3 N–H and O–H groups in total. The fourth-order valence-electron chi connectivity index (χ4n) is 2.54. The Morgan fingerprint density at radius 3 is 2.28 bits per heavy atom. The lowest BCUT2D eigenvalue weighted by molar-refractivity contribution is -0.125. The second-order valence-corrected chi connectivity index (χ2v) is 5.25. The van der Waals surface area contributed by atoms with Crippen molar-refractivity contribution in [2.75, 3.05) is 19.6 Å². The third-order valence-corrected chi connectivity index (χ3v) is 3.86. The summed E-state index contributed by atoms with van der Waals surface area (Å²) in [4.78, 5) is 0. The summed E-state index contributed by atoms with van der Waals surface area (Å²) in [6.07, 6.45) is 2.52. The van der Waals surface area contributed by atoms with Gasteiger partial charge in [0.25, 0.3) is 0 Å². The summed E-state index contributed by atoms with van der Waals surface area (Å²) in [7, 11) is 0. The first-order chi connectivity index (χ1) is 8.42. The summed E-state index contributed by atoms with van der Waals surface area (Å²) >= 11 is 0. The van der Waals surface area contributed by atoms with Crippen LogP contribution in [0.4, 0.5) is 17.6 Å². The molecule has 1 saturated carbocycles. The molecular formula is C12H22F4N2. The Bertz CT molecular complexity index is 240. The number of rotatable bonds is 7. The van der Waals surface area contributed by atoms with E-state index in [1.54, 1.807) is 0 Å². The van der Waals surface area contributed by atoms with Crippen LogP contribution in [0.2, 0.25) is 0 Å². The largest absolute Gasteiger partial charge is 0.330 e. The van der Waals surface area contributed by atoms with E-state index in [4.69, 9.17) is 5.73 Å². The zero-order valence-corrected chi connectivity index (χ0v) is 10.5. The first-order valence-corrected chi connectivity index (χ1v) is 6.49. The minimum absolute atomic E-state index is 0.0192. The minimum atomic E-state index is -3.94. The van der Waals surface area contributed by atoms with E-state index in [-0.39, 0.29) is 5.41 Å². The van der Waals surface area contributed by atoms with Gasteiger partial charge in [0.15, 0.2) is 0 Å². The second-order valence-electron chi connectivity index (χ2n) is 5.25. The summed E-state index contributed by atoms with van der Waals surface area (Å²) in [5, 5.41) is 2.43. The van der Waals surface area contributed by atoms with Crippen LogP contribution in [-0.4, -0.2) is 32.0 Å². The Kier molecular flexibility index (Phi) is 5.85. The Morgan fingerprint density at radius 1 is 1.17 bits per heavy atom. The first kappa shape index (κ1) is 15.7. The lowest BCUT2D eigenvalue weighted by atomic mass is 9.72. The van der Waals surface area contributed by atoms with E-state index in [0.717, 1.165) is 25.7 Å². The van der Waals surface area contributed by atoms with Gasteiger partial charge in [0.1, 0.15) is 0 Å². The van der Waals surface area contributed by atoms with Crippen LogP contribution >= 0.6 is 0 Å². The molecule has 0 atom stereocenters. The number of halogens is 4. The van der Waals surface area contributed by atoms with Gasteiger partial charge in [0.2, 0.25) is 0 Å². The molecule has 2 nitrogen and oxygen atoms in total. The number of alkyl halides is 4. The maximum Gasteiger partial charge on any atom is 0.319 e. The molecule has 0 aliphatic heterocycles. The predicted octanol–water partition coefficient (Wildman–Crippen LogP) is 2.78. The lowest BCUT2D eigenvalue weighted by Gasteiger charge is -2.36. The minimum Gasteiger partial charge on any atom is -0.330 e. The molecule has 0 spiro atoms. The van der Waals surface area contributed by atoms with Gasteiger partial charge >= 0.3 is 12.3 Å². The molecule has 0 heterocycles. The van der Waals surface area contributed by atoms with Crippen molar-refractivity contribution in [3.63, 3.8) is 0 Å². The van der Waals surface area contributed by atoms with Crippen LogP contribution in [0.5, 0.6) is 0 Å². The van der Waals surface area contributed by atoms with Crippen molar-refractivity contribution in [3.05, 3.63) is 0 Å². The van der Waals surface area contributed by atoms with Gasteiger partial charge in [-0.3, -0.25) is 0 Å². The monoisotopic (exact) mass is 270 g/mol. The molecule has 0 aromatic carbocycles. The summed E-state index contributed by atoms with van der Waals surface area (Å²) in [6, 6.07) is 0. The molecule has 1 aliphatic rings. The Labute approximate surface area is 105 Å². The summed E-state index contributed by atoms with van der Waals surface area (Å²) in [5.74, 6) is -3.94. The smallest absolute Gasteiger partial charge is 0.319 e. The van der Waals surface area contributed by atoms with E-state index >= 15 is 0 Å². The van der Waals surface area contributed by atoms with Gasteiger partial charge in [-0.05, 0) is 37.8 Å². The molecule has 0 radical (unpaired) electrons. The highest BCUT2D eigenvalue weighted by Crippen LogP contribution is 2.38. The SMILES string of the molecule is NCC1(CCNCC(F)(F)C(F)F)CCCCC1. The molecule has 108 valence electrons. The molecule has 1 aliphatic carbocycles. The van der Waals surface area contributed by atoms with Gasteiger partial charge in [0, 0.05) is 0 Å². The topological polar surface area (TPSA) is 38.0 Å². The number of nitrogens with one attached hydrogen (secondary N) is 1. The van der Waals surface area contributed by atoms with E-state index in [0.29, 0.717) is 19.5 Å². The fraction of sp³-hybridized carbons (Fsp3) is 1.00. The van der Waals surface area contributed by atoms with Crippen LogP contribution in [0, 0.1) is 5.41 Å². The molecule has 0 unspecified atom stereocenters. The van der Waals surface area contributed by atoms with Gasteiger partial charge in [-0.2, -0.15) is 8.78 Å². The van der Waals surface area contributed by atoms with Crippen LogP contribution in [-0.2, 0) is 0 Å². The number of hydrogen-bond donors (Lipinski definition) is 2. The standard InChI is InChI=1S/C12H22F4N2/c13-10(14)12(15,16)9-18-7-6-11(8-17)4-2-1-3-5-11/h10,18H,1-9,17H2. The quantitative estimate of drug-likeness (QED) is 0.551. The van der Waals surface area contributed by atoms with Gasteiger partial charge < -0.3 is 11.1 Å². The van der Waals surface area contributed by atoms with Gasteiger partial charge in [-0.15, -0.1) is 0 Å². The highest BCUT2D eigenvalue weighted by Gasteiger charge is 2.40. The summed E-state index contributed by atoms with van der Waals surface area (Å²) in [6.45, 7) is -0.106. The van der Waals surface area contributed by atoms with E-state index in [1.807, 2.05) is 0 Å². The van der Waals surface area contributed by atoms with Crippen LogP contribution < -0.4 is 11.1 Å². The molecular weight excluding hydrogens is 248 g/mol.